The van der Waals surface area contributed by atoms with E-state index < -0.39 is 24.9 Å². The summed E-state index contributed by atoms with van der Waals surface area (Å²) in [4.78, 5) is 33.9. The Bertz CT molecular complexity index is 1420. The van der Waals surface area contributed by atoms with Gasteiger partial charge in [0.25, 0.3) is 5.91 Å². The molecule has 0 saturated carbocycles. The third-order valence-electron chi connectivity index (χ3n) is 5.43. The average Bonchev–Trinajstić information content (AvgIpc) is 3.27. The zero-order chi connectivity index (χ0) is 27.1. The summed E-state index contributed by atoms with van der Waals surface area (Å²) in [5, 5.41) is 5.01. The van der Waals surface area contributed by atoms with Crippen molar-refractivity contribution in [1.82, 2.24) is 20.3 Å². The van der Waals surface area contributed by atoms with Gasteiger partial charge in [0, 0.05) is 23.5 Å². The monoisotopic (exact) mass is 585 g/mol. The van der Waals surface area contributed by atoms with E-state index in [1.807, 2.05) is 6.07 Å². The van der Waals surface area contributed by atoms with Crippen LogP contribution < -0.4 is 16.0 Å². The second-order valence-corrected chi connectivity index (χ2v) is 9.10. The molecule has 3 N–H and O–H groups in total. The number of fused-ring (bicyclic) bond motifs is 1. The van der Waals surface area contributed by atoms with E-state index >= 15 is 4.39 Å². The highest BCUT2D eigenvalue weighted by Crippen LogP contribution is 2.31. The largest absolute Gasteiger partial charge is 0.467 e. The van der Waals surface area contributed by atoms with Crippen LogP contribution in [-0.2, 0) is 22.9 Å². The van der Waals surface area contributed by atoms with Crippen LogP contribution in [0.5, 0.6) is 0 Å². The van der Waals surface area contributed by atoms with Crippen molar-refractivity contribution in [3.63, 3.8) is 0 Å². The van der Waals surface area contributed by atoms with Crippen molar-refractivity contribution in [1.29, 1.82) is 0 Å². The summed E-state index contributed by atoms with van der Waals surface area (Å²) in [6.07, 6.45) is 0.476. The van der Waals surface area contributed by atoms with Crippen LogP contribution in [0.2, 0.25) is 0 Å². The van der Waals surface area contributed by atoms with Gasteiger partial charge < -0.3 is 24.2 Å². The molecule has 1 aromatic heterocycles. The molecule has 0 aliphatic heterocycles. The predicted molar refractivity (Wildman–Crippen MR) is 143 cm³/mol. The van der Waals surface area contributed by atoms with Crippen molar-refractivity contribution >= 4 is 57.5 Å². The van der Waals surface area contributed by atoms with E-state index in [2.05, 4.69) is 36.9 Å². The smallest absolute Gasteiger partial charge is 0.448 e. The second kappa shape index (κ2) is 12.5. The number of hydroxylamine groups is 1. The highest BCUT2D eigenvalue weighted by molar-refractivity contribution is 9.10. The fourth-order valence-electron chi connectivity index (χ4n) is 3.59. The van der Waals surface area contributed by atoms with Gasteiger partial charge in [-0.3, -0.25) is 9.63 Å². The molecule has 4 rings (SSSR count). The predicted octanol–water partition coefficient (Wildman–Crippen LogP) is 4.85. The molecule has 0 aliphatic carbocycles. The van der Waals surface area contributed by atoms with Crippen molar-refractivity contribution in [3.05, 3.63) is 88.4 Å². The first kappa shape index (κ1) is 27.1. The lowest BCUT2D eigenvalue weighted by Gasteiger charge is -2.14. The van der Waals surface area contributed by atoms with E-state index in [4.69, 9.17) is 9.57 Å². The molecule has 0 aliphatic rings. The van der Waals surface area contributed by atoms with Gasteiger partial charge in [0.15, 0.2) is 5.82 Å². The first-order valence-corrected chi connectivity index (χ1v) is 12.3. The van der Waals surface area contributed by atoms with Crippen LogP contribution >= 0.6 is 15.9 Å². The van der Waals surface area contributed by atoms with Crippen LogP contribution in [0.15, 0.2) is 71.5 Å². The van der Waals surface area contributed by atoms with Gasteiger partial charge in [-0.1, -0.05) is 51.8 Å². The van der Waals surface area contributed by atoms with Gasteiger partial charge in [-0.05, 0) is 30.3 Å². The fourth-order valence-corrected chi connectivity index (χ4v) is 3.86. The molecule has 13 heteroatoms. The molecule has 2 amide bonds. The fraction of sp³-hybridized carbons (Fsp3) is 0.160. The van der Waals surface area contributed by atoms with E-state index in [0.29, 0.717) is 11.2 Å². The molecule has 3 aromatic carbocycles. The lowest BCUT2D eigenvalue weighted by molar-refractivity contribution is 0.0133. The number of imidazole rings is 1. The number of carbonyl (C=O) groups excluding carboxylic acids is 2. The van der Waals surface area contributed by atoms with Gasteiger partial charge in [0.2, 0.25) is 0 Å². The van der Waals surface area contributed by atoms with Crippen molar-refractivity contribution < 1.29 is 27.9 Å². The molecule has 4 aromatic rings. The zero-order valence-corrected chi connectivity index (χ0v) is 21.8. The number of ether oxygens (including phenoxy) is 1. The number of rotatable bonds is 10. The van der Waals surface area contributed by atoms with E-state index in [0.717, 1.165) is 10.0 Å². The van der Waals surface area contributed by atoms with Crippen LogP contribution in [0.1, 0.15) is 15.9 Å². The Morgan fingerprint density at radius 1 is 1.11 bits per heavy atom. The summed E-state index contributed by atoms with van der Waals surface area (Å²) in [6, 6.07) is 17.3. The number of halogens is 3. The molecule has 1 heterocycles. The van der Waals surface area contributed by atoms with Crippen LogP contribution in [0, 0.1) is 5.82 Å². The lowest BCUT2D eigenvalue weighted by Crippen LogP contribution is -2.38. The van der Waals surface area contributed by atoms with Gasteiger partial charge in [0.1, 0.15) is 18.7 Å². The Kier molecular flexibility index (Phi) is 8.92. The number of amides is 2. The molecule has 0 fully saturated rings. The van der Waals surface area contributed by atoms with Crippen molar-refractivity contribution in [2.45, 2.75) is 6.32 Å². The van der Waals surface area contributed by atoms with Crippen LogP contribution in [0.4, 0.5) is 24.9 Å². The number of anilines is 2. The summed E-state index contributed by atoms with van der Waals surface area (Å²) < 4.78 is 36.7. The maximum atomic E-state index is 15.4. The summed E-state index contributed by atoms with van der Waals surface area (Å²) in [6.45, 7) is -0.482. The first-order valence-electron chi connectivity index (χ1n) is 11.5. The molecular weight excluding hydrogens is 563 g/mol. The minimum Gasteiger partial charge on any atom is -0.448 e. The molecule has 0 unspecified atom stereocenters. The van der Waals surface area contributed by atoms with E-state index in [-0.39, 0.29) is 36.3 Å². The summed E-state index contributed by atoms with van der Waals surface area (Å²) in [5.41, 5.74) is 3.89. The minimum absolute atomic E-state index is 0.00329. The Morgan fingerprint density at radius 2 is 1.84 bits per heavy atom. The lowest BCUT2D eigenvalue weighted by atomic mass is 9.79. The molecule has 0 bridgehead atoms. The number of hydrogen-bond donors (Lipinski definition) is 3. The normalized spacial score (nSPS) is 10.7. The number of nitrogens with one attached hydrogen (secondary N) is 3. The summed E-state index contributed by atoms with van der Waals surface area (Å²) >= 11 is 3.34. The van der Waals surface area contributed by atoms with Crippen molar-refractivity contribution in [2.24, 2.45) is 7.05 Å². The van der Waals surface area contributed by atoms with Crippen LogP contribution in [0.25, 0.3) is 11.0 Å². The van der Waals surface area contributed by atoms with Gasteiger partial charge >= 0.3 is 13.2 Å². The highest BCUT2D eigenvalue weighted by Gasteiger charge is 2.22. The number of aromatic nitrogens is 2. The Labute approximate surface area is 225 Å². The molecule has 0 spiro atoms. The Morgan fingerprint density at radius 3 is 2.58 bits per heavy atom. The molecule has 9 nitrogen and oxygen atoms in total. The van der Waals surface area contributed by atoms with Gasteiger partial charge in [0.05, 0.1) is 23.1 Å². The maximum absolute atomic E-state index is 15.4. The van der Waals surface area contributed by atoms with Gasteiger partial charge in [-0.15, -0.1) is 0 Å². The van der Waals surface area contributed by atoms with Crippen molar-refractivity contribution in [2.75, 3.05) is 18.5 Å². The average molecular weight is 586 g/mol. The van der Waals surface area contributed by atoms with E-state index in [1.165, 1.54) is 12.4 Å². The SMILES string of the molecule is Cn1cnc2c(F)c(Nc3ccc(Br)cc3)c(C(=O)NOCCOC(=O)NB(F)Cc3ccccc3)cc21. The highest BCUT2D eigenvalue weighted by atomic mass is 79.9. The zero-order valence-electron chi connectivity index (χ0n) is 20.2. The Hall–Kier alpha value is -3.97. The second-order valence-electron chi connectivity index (χ2n) is 8.19. The molecule has 0 saturated heterocycles. The minimum atomic E-state index is -1.63. The standard InChI is InChI=1S/C25H23BBrF2N5O4/c1-34-15-30-23-20(34)13-19(22(21(23)28)31-18-9-7-17(27)8-10-18)24(35)33-38-12-11-37-25(36)32-26(29)14-16-5-3-2-4-6-16/h2-10,13,15,31H,11-12,14H2,1H3,(H,32,36)(H,33,35). The van der Waals surface area contributed by atoms with E-state index in [9.17, 15) is 13.9 Å². The maximum Gasteiger partial charge on any atom is 0.467 e. The molecule has 38 heavy (non-hydrogen) atoms. The van der Waals surface area contributed by atoms with Gasteiger partial charge in [-0.25, -0.2) is 19.6 Å². The number of aryl methyl sites for hydroxylation is 1. The molecule has 196 valence electrons. The molecular formula is C25H23BBrF2N5O4. The van der Waals surface area contributed by atoms with E-state index in [1.54, 1.807) is 60.1 Å². The first-order chi connectivity index (χ1) is 18.3. The number of carbonyl (C=O) groups is 2. The molecule has 0 radical (unpaired) electrons. The number of benzene rings is 3. The molecule has 0 atom stereocenters. The third-order valence-corrected chi connectivity index (χ3v) is 5.96. The number of nitrogens with zero attached hydrogens (tertiary/aromatic N) is 2. The number of hydrogen-bond acceptors (Lipinski definition) is 6. The summed E-state index contributed by atoms with van der Waals surface area (Å²) in [7, 11) is 0.0536. The Balaban J connectivity index is 1.33. The summed E-state index contributed by atoms with van der Waals surface area (Å²) in [5.74, 6) is -1.44. The topological polar surface area (TPSA) is 107 Å². The van der Waals surface area contributed by atoms with Gasteiger partial charge in [-0.2, -0.15) is 0 Å². The quantitative estimate of drug-likeness (QED) is 0.140. The van der Waals surface area contributed by atoms with Crippen LogP contribution in [-0.4, -0.2) is 41.9 Å². The third kappa shape index (κ3) is 6.87. The van der Waals surface area contributed by atoms with Crippen LogP contribution in [0.3, 0.4) is 0 Å². The van der Waals surface area contributed by atoms with Crippen molar-refractivity contribution in [3.8, 4) is 0 Å².